The van der Waals surface area contributed by atoms with Crippen molar-refractivity contribution in [1.29, 1.82) is 0 Å². The fourth-order valence-corrected chi connectivity index (χ4v) is 2.22. The molecule has 1 aromatic carbocycles. The Morgan fingerprint density at radius 3 is 2.73 bits per heavy atom. The van der Waals surface area contributed by atoms with Crippen LogP contribution < -0.4 is 9.64 Å². The predicted molar refractivity (Wildman–Crippen MR) is 87.2 cm³/mol. The van der Waals surface area contributed by atoms with Crippen LogP contribution in [0.5, 0.6) is 5.75 Å². The van der Waals surface area contributed by atoms with Gasteiger partial charge in [0.2, 0.25) is 0 Å². The molecule has 0 spiro atoms. The molecule has 0 aliphatic carbocycles. The summed E-state index contributed by atoms with van der Waals surface area (Å²) in [6, 6.07) is 7.73. The summed E-state index contributed by atoms with van der Waals surface area (Å²) in [6.45, 7) is 4.01. The topological polar surface area (TPSA) is 66.9 Å². The van der Waals surface area contributed by atoms with E-state index in [1.807, 2.05) is 57.1 Å². The van der Waals surface area contributed by atoms with Crippen LogP contribution in [-0.4, -0.2) is 40.4 Å². The molecule has 3 aromatic rings. The third-order valence-electron chi connectivity index (χ3n) is 3.22. The van der Waals surface area contributed by atoms with Crippen molar-refractivity contribution in [2.75, 3.05) is 19.0 Å². The van der Waals surface area contributed by atoms with Crippen molar-refractivity contribution in [3.63, 3.8) is 0 Å². The summed E-state index contributed by atoms with van der Waals surface area (Å²) in [5.74, 6) is 2.25. The van der Waals surface area contributed by atoms with Crippen LogP contribution in [0.15, 0.2) is 30.5 Å². The lowest BCUT2D eigenvalue weighted by atomic mass is 10.2. The van der Waals surface area contributed by atoms with E-state index < -0.39 is 0 Å². The van der Waals surface area contributed by atoms with Crippen molar-refractivity contribution in [3.05, 3.63) is 30.5 Å². The first-order valence-electron chi connectivity index (χ1n) is 7.20. The smallest absolute Gasteiger partial charge is 0.182 e. The van der Waals surface area contributed by atoms with E-state index in [1.54, 1.807) is 6.20 Å². The molecule has 2 aromatic heterocycles. The van der Waals surface area contributed by atoms with E-state index in [2.05, 4.69) is 20.2 Å². The molecule has 0 saturated carbocycles. The summed E-state index contributed by atoms with van der Waals surface area (Å²) < 4.78 is 5.75. The molecule has 0 unspecified atom stereocenters. The third kappa shape index (κ3) is 2.72. The highest BCUT2D eigenvalue weighted by Gasteiger charge is 2.13. The number of aromatic amines is 1. The van der Waals surface area contributed by atoms with Gasteiger partial charge in [-0.3, -0.25) is 5.10 Å². The van der Waals surface area contributed by atoms with Gasteiger partial charge in [0.15, 0.2) is 5.82 Å². The lowest BCUT2D eigenvalue weighted by molar-refractivity contribution is 0.243. The SMILES string of the molecule is CC(C)Oc1ccc2[nH]nc(-c3nccc(N(C)C)n3)c2c1. The van der Waals surface area contributed by atoms with Gasteiger partial charge >= 0.3 is 0 Å². The molecule has 0 bridgehead atoms. The minimum absolute atomic E-state index is 0.126. The maximum absolute atomic E-state index is 5.75. The third-order valence-corrected chi connectivity index (χ3v) is 3.22. The molecule has 114 valence electrons. The summed E-state index contributed by atoms with van der Waals surface area (Å²) in [5.41, 5.74) is 1.66. The Kier molecular flexibility index (Phi) is 3.66. The van der Waals surface area contributed by atoms with E-state index in [4.69, 9.17) is 4.74 Å². The van der Waals surface area contributed by atoms with Crippen molar-refractivity contribution in [2.45, 2.75) is 20.0 Å². The standard InChI is InChI=1S/C16H19N5O/c1-10(2)22-11-5-6-13-12(9-11)15(20-19-13)16-17-8-7-14(18-16)21(3)4/h5-10H,1-4H3,(H,19,20). The predicted octanol–water partition coefficient (Wildman–Crippen LogP) is 2.87. The molecule has 0 atom stereocenters. The summed E-state index contributed by atoms with van der Waals surface area (Å²) in [6.07, 6.45) is 1.87. The summed E-state index contributed by atoms with van der Waals surface area (Å²) >= 11 is 0. The van der Waals surface area contributed by atoms with Gasteiger partial charge in [0, 0.05) is 25.7 Å². The Labute approximate surface area is 129 Å². The van der Waals surface area contributed by atoms with E-state index in [9.17, 15) is 0 Å². The molecule has 0 radical (unpaired) electrons. The number of aromatic nitrogens is 4. The molecule has 0 fully saturated rings. The largest absolute Gasteiger partial charge is 0.491 e. The Hall–Kier alpha value is -2.63. The number of nitrogens with zero attached hydrogens (tertiary/aromatic N) is 4. The van der Waals surface area contributed by atoms with Gasteiger partial charge in [-0.1, -0.05) is 0 Å². The quantitative estimate of drug-likeness (QED) is 0.802. The number of benzene rings is 1. The molecule has 3 rings (SSSR count). The number of nitrogens with one attached hydrogen (secondary N) is 1. The molecule has 1 N–H and O–H groups in total. The van der Waals surface area contributed by atoms with Gasteiger partial charge in [-0.05, 0) is 38.1 Å². The molecule has 22 heavy (non-hydrogen) atoms. The average molecular weight is 297 g/mol. The highest BCUT2D eigenvalue weighted by Crippen LogP contribution is 2.28. The van der Waals surface area contributed by atoms with Crippen molar-refractivity contribution in [1.82, 2.24) is 20.2 Å². The summed E-state index contributed by atoms with van der Waals surface area (Å²) in [5, 5.41) is 8.33. The maximum Gasteiger partial charge on any atom is 0.182 e. The number of hydrogen-bond donors (Lipinski definition) is 1. The van der Waals surface area contributed by atoms with Crippen LogP contribution in [0.25, 0.3) is 22.4 Å². The van der Waals surface area contributed by atoms with Gasteiger partial charge in [0.25, 0.3) is 0 Å². The second-order valence-corrected chi connectivity index (χ2v) is 5.58. The van der Waals surface area contributed by atoms with Crippen molar-refractivity contribution < 1.29 is 4.74 Å². The van der Waals surface area contributed by atoms with E-state index in [0.29, 0.717) is 5.82 Å². The number of hydrogen-bond acceptors (Lipinski definition) is 5. The molecular weight excluding hydrogens is 278 g/mol. The van der Waals surface area contributed by atoms with Gasteiger partial charge in [-0.2, -0.15) is 5.10 Å². The lowest BCUT2D eigenvalue weighted by Crippen LogP contribution is -2.11. The van der Waals surface area contributed by atoms with Crippen LogP contribution in [0.2, 0.25) is 0 Å². The fraction of sp³-hybridized carbons (Fsp3) is 0.312. The Morgan fingerprint density at radius 1 is 1.18 bits per heavy atom. The van der Waals surface area contributed by atoms with E-state index in [-0.39, 0.29) is 6.10 Å². The molecule has 0 aliphatic heterocycles. The first-order chi connectivity index (χ1) is 10.5. The first kappa shape index (κ1) is 14.3. The zero-order valence-electron chi connectivity index (χ0n) is 13.2. The molecular formula is C16H19N5O. The molecule has 0 aliphatic rings. The van der Waals surface area contributed by atoms with E-state index >= 15 is 0 Å². The van der Waals surface area contributed by atoms with Crippen LogP contribution in [0.1, 0.15) is 13.8 Å². The van der Waals surface area contributed by atoms with Crippen LogP contribution in [0, 0.1) is 0 Å². The zero-order chi connectivity index (χ0) is 15.7. The molecule has 0 amide bonds. The monoisotopic (exact) mass is 297 g/mol. The minimum atomic E-state index is 0.126. The zero-order valence-corrected chi connectivity index (χ0v) is 13.2. The molecule has 0 saturated heterocycles. The number of ether oxygens (including phenoxy) is 1. The van der Waals surface area contributed by atoms with E-state index in [1.165, 1.54) is 0 Å². The molecule has 2 heterocycles. The van der Waals surface area contributed by atoms with Gasteiger partial charge in [-0.25, -0.2) is 9.97 Å². The number of anilines is 1. The number of H-pyrrole nitrogens is 1. The van der Waals surface area contributed by atoms with Gasteiger partial charge in [-0.15, -0.1) is 0 Å². The Bertz CT molecular complexity index is 794. The fourth-order valence-electron chi connectivity index (χ4n) is 2.22. The second-order valence-electron chi connectivity index (χ2n) is 5.58. The van der Waals surface area contributed by atoms with E-state index in [0.717, 1.165) is 28.2 Å². The molecule has 6 heteroatoms. The summed E-state index contributed by atoms with van der Waals surface area (Å²) in [4.78, 5) is 10.8. The number of fused-ring (bicyclic) bond motifs is 1. The lowest BCUT2D eigenvalue weighted by Gasteiger charge is -2.11. The highest BCUT2D eigenvalue weighted by molar-refractivity contribution is 5.92. The van der Waals surface area contributed by atoms with Crippen molar-refractivity contribution >= 4 is 16.7 Å². The van der Waals surface area contributed by atoms with Crippen LogP contribution in [0.3, 0.4) is 0 Å². The highest BCUT2D eigenvalue weighted by atomic mass is 16.5. The van der Waals surface area contributed by atoms with Gasteiger partial charge in [0.1, 0.15) is 17.3 Å². The normalized spacial score (nSPS) is 11.1. The Balaban J connectivity index is 2.08. The second kappa shape index (κ2) is 5.63. The van der Waals surface area contributed by atoms with Crippen LogP contribution >= 0.6 is 0 Å². The van der Waals surface area contributed by atoms with Crippen LogP contribution in [-0.2, 0) is 0 Å². The van der Waals surface area contributed by atoms with Crippen LogP contribution in [0.4, 0.5) is 5.82 Å². The van der Waals surface area contributed by atoms with Crippen molar-refractivity contribution in [3.8, 4) is 17.3 Å². The average Bonchev–Trinajstić information content (AvgIpc) is 2.90. The first-order valence-corrected chi connectivity index (χ1v) is 7.20. The van der Waals surface area contributed by atoms with Gasteiger partial charge < -0.3 is 9.64 Å². The minimum Gasteiger partial charge on any atom is -0.491 e. The maximum atomic E-state index is 5.75. The Morgan fingerprint density at radius 2 is 2.00 bits per heavy atom. The number of rotatable bonds is 4. The summed E-state index contributed by atoms with van der Waals surface area (Å²) in [7, 11) is 3.90. The molecule has 6 nitrogen and oxygen atoms in total. The van der Waals surface area contributed by atoms with Crippen molar-refractivity contribution in [2.24, 2.45) is 0 Å². The van der Waals surface area contributed by atoms with Gasteiger partial charge in [0.05, 0.1) is 11.6 Å².